The van der Waals surface area contributed by atoms with E-state index in [1.807, 2.05) is 47.2 Å². The molecule has 0 saturated heterocycles. The zero-order chi connectivity index (χ0) is 30.7. The van der Waals surface area contributed by atoms with E-state index in [0.29, 0.717) is 16.7 Å². The standard InChI is InChI=1S/C17H13N3O2.C16H11N3O2.Li.H2O/c1-11-19-15-9-12(10-18)3-8-16(15)20(11)14-6-4-13(5-7-14)17(21)22-2;1-10-18-14-8-11(9-17)2-7-15(14)19(10)13-5-3-12(4-6-13)16(20)21;;/h3-9H,1-2H3;2-8H,1H3,(H,20,21);;1H2/q;;+1;/p-1. The van der Waals surface area contributed by atoms with Gasteiger partial charge in [-0.15, -0.1) is 0 Å². The van der Waals surface area contributed by atoms with Crippen LogP contribution in [-0.2, 0) is 4.74 Å². The number of rotatable bonds is 4. The molecule has 0 aliphatic rings. The van der Waals surface area contributed by atoms with E-state index >= 15 is 0 Å². The first-order valence-electron chi connectivity index (χ1n) is 13.0. The summed E-state index contributed by atoms with van der Waals surface area (Å²) in [5.74, 6) is 0.281. The Labute approximate surface area is 270 Å². The number of hydrogen-bond donors (Lipinski definition) is 1. The van der Waals surface area contributed by atoms with E-state index in [9.17, 15) is 9.59 Å². The number of carbonyl (C=O) groups is 2. The van der Waals surface area contributed by atoms with Crippen LogP contribution in [0.1, 0.15) is 43.5 Å². The maximum Gasteiger partial charge on any atom is 1.00 e. The summed E-state index contributed by atoms with van der Waals surface area (Å²) in [7, 11) is 1.36. The van der Waals surface area contributed by atoms with Crippen molar-refractivity contribution in [2.75, 3.05) is 7.11 Å². The van der Waals surface area contributed by atoms with E-state index in [0.717, 1.165) is 45.1 Å². The van der Waals surface area contributed by atoms with Gasteiger partial charge in [-0.25, -0.2) is 19.6 Å². The second-order valence-electron chi connectivity index (χ2n) is 9.51. The zero-order valence-corrected chi connectivity index (χ0v) is 24.9. The van der Waals surface area contributed by atoms with Crippen LogP contribution in [0.4, 0.5) is 0 Å². The molecule has 2 N–H and O–H groups in total. The summed E-state index contributed by atoms with van der Waals surface area (Å²) in [5, 5.41) is 26.8. The molecule has 0 radical (unpaired) electrons. The Balaban J connectivity index is 0.000000235. The fraction of sp³-hybridized carbons (Fsp3) is 0.0909. The normalized spacial score (nSPS) is 9.98. The van der Waals surface area contributed by atoms with Crippen LogP contribution in [0.5, 0.6) is 0 Å². The number of fused-ring (bicyclic) bond motifs is 2. The van der Waals surface area contributed by atoms with Gasteiger partial charge < -0.3 is 15.3 Å². The van der Waals surface area contributed by atoms with E-state index in [1.54, 1.807) is 60.7 Å². The molecule has 0 fully saturated rings. The molecule has 0 saturated carbocycles. The molecular weight excluding hydrogens is 567 g/mol. The topological polar surface area (TPSA) is 177 Å². The summed E-state index contributed by atoms with van der Waals surface area (Å²) in [5.41, 5.74) is 6.95. The van der Waals surface area contributed by atoms with Crippen molar-refractivity contribution in [3.8, 4) is 23.5 Å². The molecular formula is C33H25LiN6O5. The van der Waals surface area contributed by atoms with E-state index in [1.165, 1.54) is 7.11 Å². The predicted octanol–water partition coefficient (Wildman–Crippen LogP) is 2.72. The van der Waals surface area contributed by atoms with Crippen LogP contribution < -0.4 is 18.9 Å². The minimum atomic E-state index is -0.951. The van der Waals surface area contributed by atoms with Gasteiger partial charge in [0.15, 0.2) is 0 Å². The molecule has 4 aromatic carbocycles. The van der Waals surface area contributed by atoms with Crippen molar-refractivity contribution in [1.82, 2.24) is 19.1 Å². The number of carboxylic acid groups (broad SMARTS) is 1. The van der Waals surface area contributed by atoms with Gasteiger partial charge in [-0.2, -0.15) is 10.5 Å². The average Bonchev–Trinajstić information content (AvgIpc) is 3.54. The molecule has 2 aromatic heterocycles. The number of aromatic carboxylic acids is 1. The Bertz CT molecular complexity index is 2100. The third-order valence-electron chi connectivity index (χ3n) is 6.82. The number of nitriles is 2. The number of esters is 1. The molecule has 45 heavy (non-hydrogen) atoms. The minimum absolute atomic E-state index is 0. The molecule has 218 valence electrons. The quantitative estimate of drug-likeness (QED) is 0.238. The Hall–Kier alpha value is -5.70. The summed E-state index contributed by atoms with van der Waals surface area (Å²) < 4.78 is 8.61. The third-order valence-corrected chi connectivity index (χ3v) is 6.82. The van der Waals surface area contributed by atoms with Crippen LogP contribution in [0.3, 0.4) is 0 Å². The van der Waals surface area contributed by atoms with Gasteiger partial charge in [0.2, 0.25) is 0 Å². The van der Waals surface area contributed by atoms with Gasteiger partial charge in [-0.05, 0) is 98.8 Å². The molecule has 6 rings (SSSR count). The van der Waals surface area contributed by atoms with Gasteiger partial charge in [0, 0.05) is 11.4 Å². The third kappa shape index (κ3) is 6.78. The summed E-state index contributed by atoms with van der Waals surface area (Å²) in [4.78, 5) is 31.3. The number of aryl methyl sites for hydroxylation is 2. The Morgan fingerprint density at radius 1 is 0.711 bits per heavy atom. The summed E-state index contributed by atoms with van der Waals surface area (Å²) in [6.45, 7) is 3.78. The predicted molar refractivity (Wildman–Crippen MR) is 161 cm³/mol. The molecule has 0 atom stereocenters. The SMILES string of the molecule is COC(=O)c1ccc(-n2c(C)nc3cc(C#N)ccc32)cc1.Cc1nc2cc(C#N)ccc2n1-c1ccc(C(=O)O)cc1.[Li+].[OH-]. The summed E-state index contributed by atoms with van der Waals surface area (Å²) >= 11 is 0. The van der Waals surface area contributed by atoms with Crippen molar-refractivity contribution < 1.29 is 43.8 Å². The number of carbonyl (C=O) groups excluding carboxylic acids is 1. The van der Waals surface area contributed by atoms with Crippen molar-refractivity contribution in [3.05, 3.63) is 119 Å². The van der Waals surface area contributed by atoms with Crippen molar-refractivity contribution in [2.45, 2.75) is 13.8 Å². The van der Waals surface area contributed by atoms with Crippen LogP contribution in [0.2, 0.25) is 0 Å². The van der Waals surface area contributed by atoms with Gasteiger partial charge in [-0.1, -0.05) is 0 Å². The first-order valence-corrected chi connectivity index (χ1v) is 13.0. The smallest absolute Gasteiger partial charge is 0.870 e. The maximum atomic E-state index is 11.5. The number of benzene rings is 4. The number of ether oxygens (including phenoxy) is 1. The molecule has 6 aromatic rings. The van der Waals surface area contributed by atoms with Crippen molar-refractivity contribution in [3.63, 3.8) is 0 Å². The van der Waals surface area contributed by atoms with Gasteiger partial charge in [0.05, 0.1) is 63.6 Å². The van der Waals surface area contributed by atoms with E-state index < -0.39 is 5.97 Å². The van der Waals surface area contributed by atoms with Crippen LogP contribution in [0.25, 0.3) is 33.4 Å². The van der Waals surface area contributed by atoms with Crippen molar-refractivity contribution in [1.29, 1.82) is 10.5 Å². The fourth-order valence-electron chi connectivity index (χ4n) is 4.81. The van der Waals surface area contributed by atoms with Crippen molar-refractivity contribution >= 4 is 34.0 Å². The van der Waals surface area contributed by atoms with Crippen LogP contribution in [0.15, 0.2) is 84.9 Å². The van der Waals surface area contributed by atoms with E-state index in [2.05, 4.69) is 22.1 Å². The first-order chi connectivity index (χ1) is 20.7. The van der Waals surface area contributed by atoms with E-state index in [4.69, 9.17) is 20.4 Å². The number of nitrogens with zero attached hydrogens (tertiary/aromatic N) is 6. The number of carboxylic acids is 1. The number of imidazole rings is 2. The van der Waals surface area contributed by atoms with Crippen LogP contribution >= 0.6 is 0 Å². The average molecular weight is 593 g/mol. The molecule has 11 nitrogen and oxygen atoms in total. The molecule has 0 amide bonds. The van der Waals surface area contributed by atoms with Crippen LogP contribution in [0, 0.1) is 36.5 Å². The monoisotopic (exact) mass is 592 g/mol. The minimum Gasteiger partial charge on any atom is -0.870 e. The van der Waals surface area contributed by atoms with Crippen LogP contribution in [-0.4, -0.2) is 48.7 Å². The number of methoxy groups -OCH3 is 1. The molecule has 0 unspecified atom stereocenters. The number of hydrogen-bond acceptors (Lipinski definition) is 8. The molecule has 12 heteroatoms. The van der Waals surface area contributed by atoms with Gasteiger partial charge in [0.25, 0.3) is 0 Å². The number of aromatic nitrogens is 4. The van der Waals surface area contributed by atoms with Gasteiger partial charge in [-0.3, -0.25) is 9.13 Å². The maximum absolute atomic E-state index is 11.5. The zero-order valence-electron chi connectivity index (χ0n) is 24.9. The molecule has 0 bridgehead atoms. The second kappa shape index (κ2) is 14.2. The Morgan fingerprint density at radius 2 is 1.11 bits per heavy atom. The van der Waals surface area contributed by atoms with Gasteiger partial charge >= 0.3 is 30.8 Å². The summed E-state index contributed by atoms with van der Waals surface area (Å²) in [6, 6.07) is 28.7. The molecule has 2 heterocycles. The van der Waals surface area contributed by atoms with Crippen molar-refractivity contribution in [2.24, 2.45) is 0 Å². The Morgan fingerprint density at radius 3 is 1.47 bits per heavy atom. The Kier molecular flexibility index (Phi) is 10.6. The van der Waals surface area contributed by atoms with E-state index in [-0.39, 0.29) is 35.9 Å². The molecule has 0 aliphatic carbocycles. The summed E-state index contributed by atoms with van der Waals surface area (Å²) in [6.07, 6.45) is 0. The fourth-order valence-corrected chi connectivity index (χ4v) is 4.81. The first kappa shape index (κ1) is 33.8. The largest absolute Gasteiger partial charge is 1.00 e. The molecule has 0 aliphatic heterocycles. The second-order valence-corrected chi connectivity index (χ2v) is 9.51. The van der Waals surface area contributed by atoms with Gasteiger partial charge in [0.1, 0.15) is 11.6 Å². The molecule has 0 spiro atoms.